The molecule has 0 aliphatic rings. The molecule has 0 spiro atoms. The summed E-state index contributed by atoms with van der Waals surface area (Å²) in [4.78, 5) is 19.8. The molecule has 0 aromatic rings. The largest absolute Gasteiger partial charge is 0.463 e. The van der Waals surface area contributed by atoms with Gasteiger partial charge in [-0.15, -0.1) is 0 Å². The van der Waals surface area contributed by atoms with Gasteiger partial charge in [-0.3, -0.25) is 4.79 Å². The highest BCUT2D eigenvalue weighted by Crippen LogP contribution is 1.88. The molecule has 0 fully saturated rings. The van der Waals surface area contributed by atoms with Crippen LogP contribution in [-0.2, 0) is 14.3 Å². The van der Waals surface area contributed by atoms with Gasteiger partial charge in [-0.25, -0.2) is 4.79 Å². The maximum atomic E-state index is 10.3. The Balaban J connectivity index is -0.000000212. The lowest BCUT2D eigenvalue weighted by atomic mass is 10.4. The predicted octanol–water partition coefficient (Wildman–Crippen LogP) is 1.87. The Labute approximate surface area is 108 Å². The zero-order chi connectivity index (χ0) is 14.8. The third-order valence-corrected chi connectivity index (χ3v) is 1.20. The summed E-state index contributed by atoms with van der Waals surface area (Å²) in [6, 6.07) is 1.69. The molecule has 0 atom stereocenters. The van der Waals surface area contributed by atoms with Gasteiger partial charge in [-0.1, -0.05) is 33.1 Å². The van der Waals surface area contributed by atoms with E-state index in [1.165, 1.54) is 12.2 Å². The van der Waals surface area contributed by atoms with E-state index < -0.39 is 5.91 Å². The van der Waals surface area contributed by atoms with Crippen molar-refractivity contribution >= 4 is 11.9 Å². The van der Waals surface area contributed by atoms with E-state index in [1.54, 1.807) is 6.07 Å². The first kappa shape index (κ1) is 21.0. The molecule has 0 unspecified atom stereocenters. The number of carbonyl (C=O) groups excluding carboxylic acids is 2. The molecule has 0 saturated heterocycles. The van der Waals surface area contributed by atoms with Gasteiger partial charge in [-0.05, 0) is 12.5 Å². The lowest BCUT2D eigenvalue weighted by Gasteiger charge is -1.97. The quantitative estimate of drug-likeness (QED) is 0.350. The summed E-state index contributed by atoms with van der Waals surface area (Å²) in [6.45, 7) is 12.0. The molecule has 5 nitrogen and oxygen atoms in total. The van der Waals surface area contributed by atoms with Crippen LogP contribution in [0.25, 0.3) is 0 Å². The molecule has 0 rings (SSSR count). The number of nitriles is 1. The van der Waals surface area contributed by atoms with Crippen LogP contribution in [0.5, 0.6) is 0 Å². The topological polar surface area (TPSA) is 93.2 Å². The minimum absolute atomic E-state index is 0.330. The molecule has 18 heavy (non-hydrogen) atoms. The summed E-state index contributed by atoms with van der Waals surface area (Å²) >= 11 is 0. The van der Waals surface area contributed by atoms with Crippen LogP contribution in [0.2, 0.25) is 0 Å². The number of carbonyl (C=O) groups is 2. The minimum atomic E-state index is -0.481. The van der Waals surface area contributed by atoms with Crippen LogP contribution in [0.4, 0.5) is 0 Å². The van der Waals surface area contributed by atoms with Gasteiger partial charge in [-0.2, -0.15) is 5.26 Å². The molecule has 100 valence electrons. The van der Waals surface area contributed by atoms with Gasteiger partial charge in [0.1, 0.15) is 0 Å². The Kier molecular flexibility index (Phi) is 23.5. The first-order valence-corrected chi connectivity index (χ1v) is 5.21. The molecule has 5 heteroatoms. The monoisotopic (exact) mass is 252 g/mol. The molecule has 1 amide bonds. The van der Waals surface area contributed by atoms with Crippen molar-refractivity contribution in [1.82, 2.24) is 0 Å². The van der Waals surface area contributed by atoms with Crippen molar-refractivity contribution < 1.29 is 14.3 Å². The molecule has 0 aliphatic carbocycles. The second-order valence-corrected chi connectivity index (χ2v) is 2.66. The van der Waals surface area contributed by atoms with Gasteiger partial charge < -0.3 is 10.5 Å². The molecule has 0 aromatic heterocycles. The first-order valence-electron chi connectivity index (χ1n) is 5.21. The van der Waals surface area contributed by atoms with Gasteiger partial charge >= 0.3 is 5.97 Å². The van der Waals surface area contributed by atoms with Gasteiger partial charge in [0.15, 0.2) is 0 Å². The molecule has 0 bridgehead atoms. The molecule has 0 aromatic carbocycles. The van der Waals surface area contributed by atoms with Crippen molar-refractivity contribution in [3.8, 4) is 6.07 Å². The van der Waals surface area contributed by atoms with E-state index in [0.29, 0.717) is 6.61 Å². The zero-order valence-corrected chi connectivity index (χ0v) is 10.7. The van der Waals surface area contributed by atoms with Crippen molar-refractivity contribution in [3.05, 3.63) is 38.0 Å². The second-order valence-electron chi connectivity index (χ2n) is 2.66. The van der Waals surface area contributed by atoms with E-state index in [0.717, 1.165) is 18.9 Å². The van der Waals surface area contributed by atoms with Crippen LogP contribution in [0, 0.1) is 11.3 Å². The summed E-state index contributed by atoms with van der Waals surface area (Å²) in [5, 5.41) is 7.51. The average Bonchev–Trinajstić information content (AvgIpc) is 2.39. The standard InChI is InChI=1S/C7H12O2.C3H5NO.C3H3N/c1-3-5-6-9-7(8)4-2;1-2-3(4)5;1-2-3-4/h4H,2-3,5-6H2,1H3;2H,1H2,(H2,4,5);2H,1H2. The van der Waals surface area contributed by atoms with Crippen molar-refractivity contribution in [3.63, 3.8) is 0 Å². The Morgan fingerprint density at radius 3 is 2.00 bits per heavy atom. The van der Waals surface area contributed by atoms with Crippen LogP contribution in [0.3, 0.4) is 0 Å². The molecule has 0 heterocycles. The number of hydrogen-bond donors (Lipinski definition) is 1. The fourth-order valence-electron chi connectivity index (χ4n) is 0.376. The van der Waals surface area contributed by atoms with E-state index in [1.807, 2.05) is 6.92 Å². The Morgan fingerprint density at radius 1 is 1.33 bits per heavy atom. The van der Waals surface area contributed by atoms with Crippen molar-refractivity contribution in [1.29, 1.82) is 5.26 Å². The summed E-state index contributed by atoms with van der Waals surface area (Å²) in [6.07, 6.45) is 5.39. The van der Waals surface area contributed by atoms with Crippen LogP contribution < -0.4 is 5.73 Å². The van der Waals surface area contributed by atoms with Crippen molar-refractivity contribution in [2.24, 2.45) is 5.73 Å². The number of esters is 1. The molecule has 0 saturated carbocycles. The van der Waals surface area contributed by atoms with Crippen LogP contribution >= 0.6 is 0 Å². The first-order chi connectivity index (χ1) is 8.49. The number of unbranched alkanes of at least 4 members (excludes halogenated alkanes) is 1. The van der Waals surface area contributed by atoms with Gasteiger partial charge in [0.2, 0.25) is 5.91 Å². The van der Waals surface area contributed by atoms with Crippen LogP contribution in [0.1, 0.15) is 19.8 Å². The van der Waals surface area contributed by atoms with Gasteiger partial charge in [0.25, 0.3) is 0 Å². The minimum Gasteiger partial charge on any atom is -0.463 e. The smallest absolute Gasteiger partial charge is 0.330 e. The maximum absolute atomic E-state index is 10.3. The highest BCUT2D eigenvalue weighted by Gasteiger charge is 1.91. The number of hydrogen-bond acceptors (Lipinski definition) is 4. The van der Waals surface area contributed by atoms with Crippen LogP contribution in [-0.4, -0.2) is 18.5 Å². The SMILES string of the molecule is C=CC#N.C=CC(=O)OCCCC.C=CC(N)=O. The summed E-state index contributed by atoms with van der Waals surface area (Å²) in [5.74, 6) is -0.812. The van der Waals surface area contributed by atoms with E-state index >= 15 is 0 Å². The number of rotatable bonds is 5. The fourth-order valence-corrected chi connectivity index (χ4v) is 0.376. The third kappa shape index (κ3) is 37.3. The number of nitrogens with zero attached hydrogens (tertiary/aromatic N) is 1. The second kappa shape index (κ2) is 20.1. The Morgan fingerprint density at radius 2 is 1.78 bits per heavy atom. The lowest BCUT2D eigenvalue weighted by molar-refractivity contribution is -0.137. The van der Waals surface area contributed by atoms with Crippen LogP contribution in [0.15, 0.2) is 38.0 Å². The summed E-state index contributed by atoms with van der Waals surface area (Å²) in [5.41, 5.74) is 4.53. The average molecular weight is 252 g/mol. The van der Waals surface area contributed by atoms with Crippen molar-refractivity contribution in [2.45, 2.75) is 19.8 Å². The number of primary amides is 1. The summed E-state index contributed by atoms with van der Waals surface area (Å²) in [7, 11) is 0. The zero-order valence-electron chi connectivity index (χ0n) is 10.7. The molecule has 0 radical (unpaired) electrons. The van der Waals surface area contributed by atoms with E-state index in [-0.39, 0.29) is 5.97 Å². The highest BCUT2D eigenvalue weighted by molar-refractivity contribution is 5.85. The lowest BCUT2D eigenvalue weighted by Crippen LogP contribution is -2.04. The third-order valence-electron chi connectivity index (χ3n) is 1.20. The van der Waals surface area contributed by atoms with E-state index in [9.17, 15) is 9.59 Å². The maximum Gasteiger partial charge on any atom is 0.330 e. The number of ether oxygens (including phenoxy) is 1. The van der Waals surface area contributed by atoms with Gasteiger partial charge in [0.05, 0.1) is 12.7 Å². The number of nitrogens with two attached hydrogens (primary N) is 1. The summed E-state index contributed by atoms with van der Waals surface area (Å²) < 4.78 is 4.67. The Bertz CT molecular complexity index is 304. The number of amides is 1. The van der Waals surface area contributed by atoms with Gasteiger partial charge in [0, 0.05) is 12.2 Å². The van der Waals surface area contributed by atoms with E-state index in [4.69, 9.17) is 5.26 Å². The van der Waals surface area contributed by atoms with E-state index in [2.05, 4.69) is 30.2 Å². The van der Waals surface area contributed by atoms with Crippen molar-refractivity contribution in [2.75, 3.05) is 6.61 Å². The normalized spacial score (nSPS) is 6.89. The molecule has 0 aliphatic heterocycles. The Hall–Kier alpha value is -2.35. The molecular weight excluding hydrogens is 232 g/mol. The fraction of sp³-hybridized carbons (Fsp3) is 0.308. The number of allylic oxidation sites excluding steroid dienone is 1. The highest BCUT2D eigenvalue weighted by atomic mass is 16.5. The molecular formula is C13H20N2O3. The predicted molar refractivity (Wildman–Crippen MR) is 71.3 cm³/mol. The molecule has 2 N–H and O–H groups in total.